The zero-order chi connectivity index (χ0) is 13.3. The van der Waals surface area contributed by atoms with E-state index in [4.69, 9.17) is 9.47 Å². The second-order valence-corrected chi connectivity index (χ2v) is 5.69. The highest BCUT2D eigenvalue weighted by atomic mass is 32.2. The van der Waals surface area contributed by atoms with Crippen molar-refractivity contribution in [3.05, 3.63) is 35.9 Å². The number of rotatable bonds is 2. The van der Waals surface area contributed by atoms with Gasteiger partial charge in [0, 0.05) is 29.4 Å². The van der Waals surface area contributed by atoms with E-state index in [1.807, 2.05) is 30.5 Å². The van der Waals surface area contributed by atoms with Crippen LogP contribution in [0.2, 0.25) is 0 Å². The lowest BCUT2D eigenvalue weighted by Gasteiger charge is -2.31. The minimum Gasteiger partial charge on any atom is -0.478 e. The first kappa shape index (κ1) is 12.8. The molecule has 3 nitrogen and oxygen atoms in total. The van der Waals surface area contributed by atoms with E-state index in [2.05, 4.69) is 0 Å². The Kier molecular flexibility index (Phi) is 3.37. The Labute approximate surface area is 117 Å². The predicted octanol–water partition coefficient (Wildman–Crippen LogP) is 2.90. The average molecular weight is 276 g/mol. The van der Waals surface area contributed by atoms with Crippen LogP contribution in [0.15, 0.2) is 35.2 Å². The van der Waals surface area contributed by atoms with Crippen molar-refractivity contribution in [3.63, 3.8) is 0 Å². The van der Waals surface area contributed by atoms with E-state index >= 15 is 0 Å². The summed E-state index contributed by atoms with van der Waals surface area (Å²) < 4.78 is 11.3. The van der Waals surface area contributed by atoms with Gasteiger partial charge in [-0.15, -0.1) is 11.8 Å². The van der Waals surface area contributed by atoms with Crippen LogP contribution in [0.3, 0.4) is 0 Å². The molecule has 1 saturated heterocycles. The SMILES string of the molecule is CSc1ccc(C2=CC(=O)C3(CCOCC3)O2)cc1. The second kappa shape index (κ2) is 5.02. The van der Waals surface area contributed by atoms with Gasteiger partial charge in [-0.3, -0.25) is 4.79 Å². The highest BCUT2D eigenvalue weighted by Crippen LogP contribution is 2.38. The molecule has 1 spiro atoms. The van der Waals surface area contributed by atoms with Crippen LogP contribution in [0.25, 0.3) is 5.76 Å². The first-order valence-electron chi connectivity index (χ1n) is 6.41. The molecule has 0 unspecified atom stereocenters. The fourth-order valence-corrected chi connectivity index (χ4v) is 2.90. The molecule has 0 radical (unpaired) electrons. The van der Waals surface area contributed by atoms with E-state index in [0.29, 0.717) is 31.8 Å². The van der Waals surface area contributed by atoms with Crippen LogP contribution in [0.4, 0.5) is 0 Å². The Morgan fingerprint density at radius 1 is 1.16 bits per heavy atom. The average Bonchev–Trinajstić information content (AvgIpc) is 2.77. The lowest BCUT2D eigenvalue weighted by molar-refractivity contribution is -0.137. The molecule has 2 aliphatic rings. The fraction of sp³-hybridized carbons (Fsp3) is 0.400. The Morgan fingerprint density at radius 2 is 1.84 bits per heavy atom. The normalized spacial score (nSPS) is 21.3. The molecule has 0 N–H and O–H groups in total. The van der Waals surface area contributed by atoms with Crippen molar-refractivity contribution in [3.8, 4) is 0 Å². The molecule has 3 rings (SSSR count). The Morgan fingerprint density at radius 3 is 2.47 bits per heavy atom. The van der Waals surface area contributed by atoms with Gasteiger partial charge in [0.25, 0.3) is 0 Å². The molecule has 1 fully saturated rings. The van der Waals surface area contributed by atoms with Crippen molar-refractivity contribution in [2.45, 2.75) is 23.3 Å². The van der Waals surface area contributed by atoms with E-state index in [9.17, 15) is 4.79 Å². The smallest absolute Gasteiger partial charge is 0.203 e. The molecule has 0 aliphatic carbocycles. The summed E-state index contributed by atoms with van der Waals surface area (Å²) in [5.74, 6) is 0.777. The fourth-order valence-electron chi connectivity index (χ4n) is 2.49. The Balaban J connectivity index is 1.82. The van der Waals surface area contributed by atoms with Gasteiger partial charge < -0.3 is 9.47 Å². The van der Waals surface area contributed by atoms with Crippen LogP contribution >= 0.6 is 11.8 Å². The van der Waals surface area contributed by atoms with Gasteiger partial charge in [0.15, 0.2) is 5.60 Å². The quantitative estimate of drug-likeness (QED) is 0.778. The van der Waals surface area contributed by atoms with E-state index in [0.717, 1.165) is 5.56 Å². The number of benzene rings is 1. The van der Waals surface area contributed by atoms with Gasteiger partial charge in [0.2, 0.25) is 5.78 Å². The summed E-state index contributed by atoms with van der Waals surface area (Å²) in [6.45, 7) is 1.19. The number of carbonyl (C=O) groups excluding carboxylic acids is 1. The van der Waals surface area contributed by atoms with Gasteiger partial charge in [-0.2, -0.15) is 0 Å². The number of hydrogen-bond acceptors (Lipinski definition) is 4. The van der Waals surface area contributed by atoms with E-state index in [-0.39, 0.29) is 5.78 Å². The summed E-state index contributed by atoms with van der Waals surface area (Å²) in [5, 5.41) is 0. The largest absolute Gasteiger partial charge is 0.478 e. The molecule has 19 heavy (non-hydrogen) atoms. The first-order chi connectivity index (χ1) is 9.23. The molecular weight excluding hydrogens is 260 g/mol. The number of ether oxygens (including phenoxy) is 2. The van der Waals surface area contributed by atoms with Gasteiger partial charge in [0.1, 0.15) is 5.76 Å². The lowest BCUT2D eigenvalue weighted by atomic mass is 9.91. The number of ketones is 1. The summed E-state index contributed by atoms with van der Waals surface area (Å²) in [7, 11) is 0. The monoisotopic (exact) mass is 276 g/mol. The van der Waals surface area contributed by atoms with Crippen molar-refractivity contribution in [1.82, 2.24) is 0 Å². The minimum absolute atomic E-state index is 0.0831. The predicted molar refractivity (Wildman–Crippen MR) is 75.1 cm³/mol. The third-order valence-corrected chi connectivity index (χ3v) is 4.44. The highest BCUT2D eigenvalue weighted by molar-refractivity contribution is 7.98. The summed E-state index contributed by atoms with van der Waals surface area (Å²) in [6.07, 6.45) is 4.98. The van der Waals surface area contributed by atoms with Crippen LogP contribution in [0.5, 0.6) is 0 Å². The van der Waals surface area contributed by atoms with Crippen LogP contribution in [0, 0.1) is 0 Å². The molecule has 1 aromatic carbocycles. The standard InChI is InChI=1S/C15H16O3S/c1-19-12-4-2-11(3-5-12)13-10-14(16)15(18-13)6-8-17-9-7-15/h2-5,10H,6-9H2,1H3. The zero-order valence-corrected chi connectivity index (χ0v) is 11.7. The molecule has 0 aromatic heterocycles. The van der Waals surface area contributed by atoms with Gasteiger partial charge in [-0.25, -0.2) is 0 Å². The molecule has 0 atom stereocenters. The van der Waals surface area contributed by atoms with Crippen molar-refractivity contribution in [1.29, 1.82) is 0 Å². The van der Waals surface area contributed by atoms with Gasteiger partial charge in [-0.05, 0) is 18.4 Å². The maximum Gasteiger partial charge on any atom is 0.203 e. The summed E-state index contributed by atoms with van der Waals surface area (Å²) in [4.78, 5) is 13.4. The van der Waals surface area contributed by atoms with E-state index in [1.54, 1.807) is 17.8 Å². The molecule has 1 aromatic rings. The summed E-state index contributed by atoms with van der Waals surface area (Å²) in [6, 6.07) is 8.10. The van der Waals surface area contributed by atoms with Crippen molar-refractivity contribution < 1.29 is 14.3 Å². The number of hydrogen-bond donors (Lipinski definition) is 0. The van der Waals surface area contributed by atoms with Gasteiger partial charge in [0.05, 0.1) is 13.2 Å². The molecule has 100 valence electrons. The molecule has 0 bridgehead atoms. The van der Waals surface area contributed by atoms with E-state index < -0.39 is 5.60 Å². The maximum atomic E-state index is 12.2. The molecule has 2 aliphatic heterocycles. The maximum absolute atomic E-state index is 12.2. The van der Waals surface area contributed by atoms with Gasteiger partial charge >= 0.3 is 0 Å². The van der Waals surface area contributed by atoms with Crippen molar-refractivity contribution in [2.75, 3.05) is 19.5 Å². The first-order valence-corrected chi connectivity index (χ1v) is 7.63. The molecule has 2 heterocycles. The summed E-state index contributed by atoms with van der Waals surface area (Å²) in [5.41, 5.74) is 0.306. The lowest BCUT2D eigenvalue weighted by Crippen LogP contribution is -2.42. The third-order valence-electron chi connectivity index (χ3n) is 3.69. The molecule has 4 heteroatoms. The minimum atomic E-state index is -0.661. The van der Waals surface area contributed by atoms with Crippen molar-refractivity contribution >= 4 is 23.3 Å². The molecule has 0 amide bonds. The highest BCUT2D eigenvalue weighted by Gasteiger charge is 2.45. The summed E-state index contributed by atoms with van der Waals surface area (Å²) >= 11 is 1.70. The molecule has 0 saturated carbocycles. The van der Waals surface area contributed by atoms with Crippen LogP contribution in [-0.2, 0) is 14.3 Å². The van der Waals surface area contributed by atoms with Crippen LogP contribution < -0.4 is 0 Å². The number of carbonyl (C=O) groups is 1. The van der Waals surface area contributed by atoms with E-state index in [1.165, 1.54) is 4.90 Å². The zero-order valence-electron chi connectivity index (χ0n) is 10.8. The van der Waals surface area contributed by atoms with Crippen LogP contribution in [0.1, 0.15) is 18.4 Å². The number of thioether (sulfide) groups is 1. The molecular formula is C15H16O3S. The third kappa shape index (κ3) is 2.30. The Bertz CT molecular complexity index is 513. The van der Waals surface area contributed by atoms with Crippen LogP contribution in [-0.4, -0.2) is 30.9 Å². The van der Waals surface area contributed by atoms with Gasteiger partial charge in [-0.1, -0.05) is 12.1 Å². The topological polar surface area (TPSA) is 35.5 Å². The Hall–Kier alpha value is -1.26. The van der Waals surface area contributed by atoms with Crippen molar-refractivity contribution in [2.24, 2.45) is 0 Å². The second-order valence-electron chi connectivity index (χ2n) is 4.81.